The third-order valence-electron chi connectivity index (χ3n) is 2.86. The first-order chi connectivity index (χ1) is 9.52. The van der Waals surface area contributed by atoms with Crippen molar-refractivity contribution in [3.63, 3.8) is 0 Å². The van der Waals surface area contributed by atoms with Gasteiger partial charge in [-0.05, 0) is 24.1 Å². The van der Waals surface area contributed by atoms with Crippen LogP contribution in [-0.4, -0.2) is 26.1 Å². The van der Waals surface area contributed by atoms with Crippen LogP contribution in [0.1, 0.15) is 35.1 Å². The van der Waals surface area contributed by atoms with Gasteiger partial charge in [-0.2, -0.15) is 0 Å². The molecule has 0 radical (unpaired) electrons. The molecular formula is C13H13BrClN3O2. The molecule has 106 valence electrons. The Labute approximate surface area is 129 Å². The summed E-state index contributed by atoms with van der Waals surface area (Å²) in [4.78, 5) is 11.1. The number of benzene rings is 1. The molecule has 0 amide bonds. The molecule has 0 fully saturated rings. The van der Waals surface area contributed by atoms with Gasteiger partial charge in [-0.1, -0.05) is 52.2 Å². The molecule has 1 N–H and O–H groups in total. The lowest BCUT2D eigenvalue weighted by molar-refractivity contribution is 0.0689. The number of nitrogens with zero attached hydrogens (tertiary/aromatic N) is 3. The van der Waals surface area contributed by atoms with Crippen LogP contribution < -0.4 is 0 Å². The van der Waals surface area contributed by atoms with Gasteiger partial charge in [0.15, 0.2) is 5.69 Å². The first-order valence-corrected chi connectivity index (χ1v) is 7.29. The SMILES string of the molecule is CCCc1c(C(=O)O)nnn1Cc1ccc(Br)cc1Cl. The third kappa shape index (κ3) is 3.19. The Balaban J connectivity index is 2.35. The molecule has 7 heteroatoms. The van der Waals surface area contributed by atoms with Crippen LogP contribution >= 0.6 is 27.5 Å². The lowest BCUT2D eigenvalue weighted by Gasteiger charge is -2.08. The number of carboxylic acids is 1. The van der Waals surface area contributed by atoms with Crippen molar-refractivity contribution in [3.05, 3.63) is 44.6 Å². The van der Waals surface area contributed by atoms with Gasteiger partial charge in [0.2, 0.25) is 0 Å². The van der Waals surface area contributed by atoms with E-state index in [2.05, 4.69) is 26.2 Å². The van der Waals surface area contributed by atoms with E-state index in [1.807, 2.05) is 19.1 Å². The molecule has 2 rings (SSSR count). The van der Waals surface area contributed by atoms with Gasteiger partial charge in [-0.25, -0.2) is 9.48 Å². The van der Waals surface area contributed by atoms with Gasteiger partial charge < -0.3 is 5.11 Å². The second kappa shape index (κ2) is 6.37. The van der Waals surface area contributed by atoms with Crippen LogP contribution in [0.4, 0.5) is 0 Å². The van der Waals surface area contributed by atoms with Gasteiger partial charge in [0.25, 0.3) is 0 Å². The van der Waals surface area contributed by atoms with E-state index in [9.17, 15) is 4.79 Å². The third-order valence-corrected chi connectivity index (χ3v) is 3.71. The van der Waals surface area contributed by atoms with E-state index in [0.717, 1.165) is 16.5 Å². The zero-order valence-corrected chi connectivity index (χ0v) is 13.1. The molecule has 0 aliphatic rings. The van der Waals surface area contributed by atoms with Crippen LogP contribution in [0.15, 0.2) is 22.7 Å². The number of rotatable bonds is 5. The molecule has 0 bridgehead atoms. The summed E-state index contributed by atoms with van der Waals surface area (Å²) in [7, 11) is 0. The van der Waals surface area contributed by atoms with Gasteiger partial charge in [0.05, 0.1) is 12.2 Å². The molecule has 0 saturated carbocycles. The highest BCUT2D eigenvalue weighted by atomic mass is 79.9. The van der Waals surface area contributed by atoms with E-state index in [4.69, 9.17) is 16.7 Å². The maximum absolute atomic E-state index is 11.1. The van der Waals surface area contributed by atoms with Gasteiger partial charge >= 0.3 is 5.97 Å². The fourth-order valence-corrected chi connectivity index (χ4v) is 2.65. The maximum atomic E-state index is 11.1. The predicted molar refractivity (Wildman–Crippen MR) is 79.2 cm³/mol. The average Bonchev–Trinajstić information content (AvgIpc) is 2.77. The molecule has 20 heavy (non-hydrogen) atoms. The van der Waals surface area contributed by atoms with E-state index in [0.29, 0.717) is 23.7 Å². The summed E-state index contributed by atoms with van der Waals surface area (Å²) in [5.41, 5.74) is 1.51. The number of carboxylic acid groups (broad SMARTS) is 1. The molecule has 0 aliphatic carbocycles. The lowest BCUT2D eigenvalue weighted by atomic mass is 10.2. The van der Waals surface area contributed by atoms with E-state index in [-0.39, 0.29) is 5.69 Å². The standard InChI is InChI=1S/C13H13BrClN3O2/c1-2-3-11-12(13(19)20)16-17-18(11)7-8-4-5-9(14)6-10(8)15/h4-6H,2-3,7H2,1H3,(H,19,20). The lowest BCUT2D eigenvalue weighted by Crippen LogP contribution is -2.09. The Morgan fingerprint density at radius 2 is 2.25 bits per heavy atom. The summed E-state index contributed by atoms with van der Waals surface area (Å²) in [6.45, 7) is 2.39. The van der Waals surface area contributed by atoms with Gasteiger partial charge in [0.1, 0.15) is 0 Å². The topological polar surface area (TPSA) is 68.0 Å². The summed E-state index contributed by atoms with van der Waals surface area (Å²) in [6.07, 6.45) is 1.44. The summed E-state index contributed by atoms with van der Waals surface area (Å²) < 4.78 is 2.49. The Bertz CT molecular complexity index is 643. The van der Waals surface area contributed by atoms with Crippen LogP contribution in [-0.2, 0) is 13.0 Å². The van der Waals surface area contributed by atoms with E-state index < -0.39 is 5.97 Å². The number of halogens is 2. The molecular weight excluding hydrogens is 346 g/mol. The largest absolute Gasteiger partial charge is 0.476 e. The monoisotopic (exact) mass is 357 g/mol. The highest BCUT2D eigenvalue weighted by Gasteiger charge is 2.18. The molecule has 0 aliphatic heterocycles. The number of aromatic carboxylic acids is 1. The van der Waals surface area contributed by atoms with Crippen molar-refractivity contribution >= 4 is 33.5 Å². The molecule has 1 aromatic heterocycles. The number of aromatic nitrogens is 3. The smallest absolute Gasteiger partial charge is 0.358 e. The van der Waals surface area contributed by atoms with Gasteiger partial charge in [0, 0.05) is 9.50 Å². The van der Waals surface area contributed by atoms with E-state index in [1.54, 1.807) is 10.7 Å². The molecule has 0 atom stereocenters. The molecule has 0 spiro atoms. The fraction of sp³-hybridized carbons (Fsp3) is 0.308. The van der Waals surface area contributed by atoms with Gasteiger partial charge in [-0.15, -0.1) is 5.10 Å². The minimum Gasteiger partial charge on any atom is -0.476 e. The van der Waals surface area contributed by atoms with Crippen LogP contribution in [0, 0.1) is 0 Å². The minimum atomic E-state index is -1.05. The van der Waals surface area contributed by atoms with Crippen molar-refractivity contribution in [2.45, 2.75) is 26.3 Å². The Morgan fingerprint density at radius 3 is 2.85 bits per heavy atom. The zero-order valence-electron chi connectivity index (χ0n) is 10.8. The number of hydrogen-bond acceptors (Lipinski definition) is 3. The van der Waals surface area contributed by atoms with Crippen molar-refractivity contribution in [3.8, 4) is 0 Å². The fourth-order valence-electron chi connectivity index (χ4n) is 1.92. The summed E-state index contributed by atoms with van der Waals surface area (Å²) in [5, 5.41) is 17.4. The predicted octanol–water partition coefficient (Wildman–Crippen LogP) is 3.39. The highest BCUT2D eigenvalue weighted by Crippen LogP contribution is 2.22. The molecule has 5 nitrogen and oxygen atoms in total. The number of hydrogen-bond donors (Lipinski definition) is 1. The van der Waals surface area contributed by atoms with Crippen molar-refractivity contribution in [2.75, 3.05) is 0 Å². The molecule has 0 unspecified atom stereocenters. The second-order valence-electron chi connectivity index (χ2n) is 4.33. The second-order valence-corrected chi connectivity index (χ2v) is 5.66. The highest BCUT2D eigenvalue weighted by molar-refractivity contribution is 9.10. The maximum Gasteiger partial charge on any atom is 0.358 e. The first-order valence-electron chi connectivity index (χ1n) is 6.12. The van der Waals surface area contributed by atoms with Crippen LogP contribution in [0.5, 0.6) is 0 Å². The van der Waals surface area contributed by atoms with Crippen molar-refractivity contribution in [1.29, 1.82) is 0 Å². The first kappa shape index (κ1) is 15.0. The van der Waals surface area contributed by atoms with Gasteiger partial charge in [-0.3, -0.25) is 0 Å². The molecule has 1 heterocycles. The van der Waals surface area contributed by atoms with E-state index in [1.165, 1.54) is 0 Å². The Hall–Kier alpha value is -1.40. The van der Waals surface area contributed by atoms with Crippen LogP contribution in [0.3, 0.4) is 0 Å². The van der Waals surface area contributed by atoms with Crippen molar-refractivity contribution < 1.29 is 9.90 Å². The molecule has 1 aromatic carbocycles. The van der Waals surface area contributed by atoms with E-state index >= 15 is 0 Å². The summed E-state index contributed by atoms with van der Waals surface area (Å²) in [5.74, 6) is -1.05. The summed E-state index contributed by atoms with van der Waals surface area (Å²) in [6, 6.07) is 5.56. The normalized spacial score (nSPS) is 10.8. The van der Waals surface area contributed by atoms with Crippen LogP contribution in [0.2, 0.25) is 5.02 Å². The average molecular weight is 359 g/mol. The van der Waals surface area contributed by atoms with Crippen molar-refractivity contribution in [2.24, 2.45) is 0 Å². The van der Waals surface area contributed by atoms with Crippen molar-refractivity contribution in [1.82, 2.24) is 15.0 Å². The summed E-state index contributed by atoms with van der Waals surface area (Å²) >= 11 is 9.52. The molecule has 0 saturated heterocycles. The quantitative estimate of drug-likeness (QED) is 0.889. The Kier molecular flexibility index (Phi) is 4.77. The minimum absolute atomic E-state index is 0.0140. The number of carbonyl (C=O) groups is 1. The zero-order chi connectivity index (χ0) is 14.7. The Morgan fingerprint density at radius 1 is 1.50 bits per heavy atom. The van der Waals surface area contributed by atoms with Crippen LogP contribution in [0.25, 0.3) is 0 Å². The molecule has 2 aromatic rings.